The van der Waals surface area contributed by atoms with Crippen molar-refractivity contribution in [2.24, 2.45) is 0 Å². The zero-order chi connectivity index (χ0) is 16.4. The number of hydrogen-bond acceptors (Lipinski definition) is 3. The van der Waals surface area contributed by atoms with Crippen LogP contribution in [0, 0.1) is 13.8 Å². The van der Waals surface area contributed by atoms with Crippen molar-refractivity contribution in [2.75, 3.05) is 18.5 Å². The van der Waals surface area contributed by atoms with E-state index in [-0.39, 0.29) is 18.7 Å². The van der Waals surface area contributed by atoms with Gasteiger partial charge in [-0.2, -0.15) is 5.10 Å². The molecule has 6 nitrogen and oxygen atoms in total. The Morgan fingerprint density at radius 3 is 2.74 bits per heavy atom. The lowest BCUT2D eigenvalue weighted by atomic mass is 10.2. The normalized spacial score (nSPS) is 13.9. The Morgan fingerprint density at radius 2 is 2.13 bits per heavy atom. The van der Waals surface area contributed by atoms with E-state index in [2.05, 4.69) is 10.4 Å². The summed E-state index contributed by atoms with van der Waals surface area (Å²) in [5.41, 5.74) is 3.50. The molecular formula is C17H22N4O2. The third-order valence-corrected chi connectivity index (χ3v) is 3.97. The molecule has 0 radical (unpaired) electrons. The van der Waals surface area contributed by atoms with E-state index < -0.39 is 0 Å². The summed E-state index contributed by atoms with van der Waals surface area (Å²) in [6.07, 6.45) is 2.01. The number of hydrogen-bond donors (Lipinski definition) is 2. The topological polar surface area (TPSA) is 70.4 Å². The van der Waals surface area contributed by atoms with Gasteiger partial charge in [-0.05, 0) is 44.9 Å². The standard InChI is InChI=1S/C17H22N4O2/c1-12-11-13(2)21(19-12)16-6-4-3-5-15(16)18-17(23)20(9-10-22)14-7-8-14/h3-6,11,14,22H,7-10H2,1-2H3,(H,18,23). The molecule has 1 aromatic carbocycles. The molecule has 0 bridgehead atoms. The molecule has 2 amide bonds. The van der Waals surface area contributed by atoms with Crippen LogP contribution in [0.15, 0.2) is 30.3 Å². The number of nitrogens with zero attached hydrogens (tertiary/aromatic N) is 3. The van der Waals surface area contributed by atoms with E-state index in [9.17, 15) is 4.79 Å². The molecule has 122 valence electrons. The molecule has 0 aliphatic heterocycles. The molecule has 1 saturated carbocycles. The van der Waals surface area contributed by atoms with Gasteiger partial charge in [-0.25, -0.2) is 9.48 Å². The molecule has 0 spiro atoms. The number of rotatable bonds is 5. The number of amides is 2. The summed E-state index contributed by atoms with van der Waals surface area (Å²) in [6.45, 7) is 4.27. The van der Waals surface area contributed by atoms with Gasteiger partial charge in [0.05, 0.1) is 23.7 Å². The highest BCUT2D eigenvalue weighted by Crippen LogP contribution is 2.28. The van der Waals surface area contributed by atoms with E-state index in [0.717, 1.165) is 29.9 Å². The maximum absolute atomic E-state index is 12.5. The molecule has 6 heteroatoms. The third kappa shape index (κ3) is 3.37. The van der Waals surface area contributed by atoms with Crippen molar-refractivity contribution in [3.63, 3.8) is 0 Å². The zero-order valence-corrected chi connectivity index (χ0v) is 13.5. The van der Waals surface area contributed by atoms with Crippen LogP contribution in [0.1, 0.15) is 24.2 Å². The molecular weight excluding hydrogens is 292 g/mol. The van der Waals surface area contributed by atoms with Gasteiger partial charge in [-0.15, -0.1) is 0 Å². The maximum Gasteiger partial charge on any atom is 0.322 e. The highest BCUT2D eigenvalue weighted by molar-refractivity contribution is 5.92. The Labute approximate surface area is 135 Å². The first-order valence-electron chi connectivity index (χ1n) is 7.91. The quantitative estimate of drug-likeness (QED) is 0.890. The fraction of sp³-hybridized carbons (Fsp3) is 0.412. The molecule has 0 atom stereocenters. The first kappa shape index (κ1) is 15.6. The lowest BCUT2D eigenvalue weighted by molar-refractivity contribution is 0.185. The number of aromatic nitrogens is 2. The molecule has 1 aliphatic carbocycles. The predicted octanol–water partition coefficient (Wildman–Crippen LogP) is 2.48. The minimum absolute atomic E-state index is 0.0248. The molecule has 3 rings (SSSR count). The van der Waals surface area contributed by atoms with E-state index in [4.69, 9.17) is 5.11 Å². The number of para-hydroxylation sites is 2. The van der Waals surface area contributed by atoms with Gasteiger partial charge in [-0.3, -0.25) is 0 Å². The van der Waals surface area contributed by atoms with Gasteiger partial charge in [0.25, 0.3) is 0 Å². The molecule has 1 fully saturated rings. The van der Waals surface area contributed by atoms with Gasteiger partial charge < -0.3 is 15.3 Å². The van der Waals surface area contributed by atoms with Crippen molar-refractivity contribution < 1.29 is 9.90 Å². The molecule has 2 aromatic rings. The summed E-state index contributed by atoms with van der Waals surface area (Å²) in [5, 5.41) is 16.6. The number of anilines is 1. The average Bonchev–Trinajstić information content (AvgIpc) is 3.30. The van der Waals surface area contributed by atoms with Crippen molar-refractivity contribution in [3.05, 3.63) is 41.7 Å². The Bertz CT molecular complexity index is 706. The molecule has 1 aliphatic rings. The van der Waals surface area contributed by atoms with Gasteiger partial charge in [0.15, 0.2) is 0 Å². The minimum Gasteiger partial charge on any atom is -0.395 e. The number of aliphatic hydroxyl groups excluding tert-OH is 1. The molecule has 1 heterocycles. The number of urea groups is 1. The summed E-state index contributed by atoms with van der Waals surface area (Å²) in [5.74, 6) is 0. The van der Waals surface area contributed by atoms with E-state index in [1.165, 1.54) is 0 Å². The van der Waals surface area contributed by atoms with Crippen molar-refractivity contribution in [1.29, 1.82) is 0 Å². The van der Waals surface area contributed by atoms with Crippen molar-refractivity contribution in [3.8, 4) is 5.69 Å². The second-order valence-corrected chi connectivity index (χ2v) is 5.93. The number of carbonyl (C=O) groups is 1. The van der Waals surface area contributed by atoms with Crippen LogP contribution in [0.2, 0.25) is 0 Å². The second kappa shape index (κ2) is 6.42. The van der Waals surface area contributed by atoms with Gasteiger partial charge in [0.1, 0.15) is 0 Å². The average molecular weight is 314 g/mol. The summed E-state index contributed by atoms with van der Waals surface area (Å²) in [4.78, 5) is 14.2. The lowest BCUT2D eigenvalue weighted by Crippen LogP contribution is -2.38. The van der Waals surface area contributed by atoms with Crippen LogP contribution < -0.4 is 5.32 Å². The highest BCUT2D eigenvalue weighted by atomic mass is 16.3. The van der Waals surface area contributed by atoms with E-state index in [0.29, 0.717) is 12.2 Å². The van der Waals surface area contributed by atoms with Crippen LogP contribution in [0.4, 0.5) is 10.5 Å². The number of aryl methyl sites for hydroxylation is 2. The second-order valence-electron chi connectivity index (χ2n) is 5.93. The van der Waals surface area contributed by atoms with E-state index >= 15 is 0 Å². The van der Waals surface area contributed by atoms with Gasteiger partial charge in [0, 0.05) is 18.3 Å². The van der Waals surface area contributed by atoms with Crippen LogP contribution >= 0.6 is 0 Å². The fourth-order valence-corrected chi connectivity index (χ4v) is 2.77. The van der Waals surface area contributed by atoms with Crippen molar-refractivity contribution >= 4 is 11.7 Å². The molecule has 23 heavy (non-hydrogen) atoms. The molecule has 1 aromatic heterocycles. The van der Waals surface area contributed by atoms with Crippen LogP contribution in [-0.2, 0) is 0 Å². The van der Waals surface area contributed by atoms with Gasteiger partial charge in [0.2, 0.25) is 0 Å². The number of carbonyl (C=O) groups excluding carboxylic acids is 1. The highest BCUT2D eigenvalue weighted by Gasteiger charge is 2.32. The lowest BCUT2D eigenvalue weighted by Gasteiger charge is -2.22. The summed E-state index contributed by atoms with van der Waals surface area (Å²) in [6, 6.07) is 9.70. The zero-order valence-electron chi connectivity index (χ0n) is 13.5. The Balaban J connectivity index is 1.86. The third-order valence-electron chi connectivity index (χ3n) is 3.97. The van der Waals surface area contributed by atoms with Gasteiger partial charge in [-0.1, -0.05) is 12.1 Å². The molecule has 0 unspecified atom stereocenters. The van der Waals surface area contributed by atoms with Crippen LogP contribution in [0.3, 0.4) is 0 Å². The Morgan fingerprint density at radius 1 is 1.39 bits per heavy atom. The largest absolute Gasteiger partial charge is 0.395 e. The van der Waals surface area contributed by atoms with Crippen molar-refractivity contribution in [1.82, 2.24) is 14.7 Å². The first-order valence-corrected chi connectivity index (χ1v) is 7.91. The molecule has 0 saturated heterocycles. The summed E-state index contributed by atoms with van der Waals surface area (Å²) < 4.78 is 1.83. The monoisotopic (exact) mass is 314 g/mol. The number of nitrogens with one attached hydrogen (secondary N) is 1. The fourth-order valence-electron chi connectivity index (χ4n) is 2.77. The Kier molecular flexibility index (Phi) is 4.34. The maximum atomic E-state index is 12.5. The smallest absolute Gasteiger partial charge is 0.322 e. The number of benzene rings is 1. The minimum atomic E-state index is -0.171. The van der Waals surface area contributed by atoms with Crippen LogP contribution in [-0.4, -0.2) is 45.0 Å². The van der Waals surface area contributed by atoms with Crippen LogP contribution in [0.5, 0.6) is 0 Å². The summed E-state index contributed by atoms with van der Waals surface area (Å²) >= 11 is 0. The van der Waals surface area contributed by atoms with Gasteiger partial charge >= 0.3 is 6.03 Å². The van der Waals surface area contributed by atoms with Crippen molar-refractivity contribution in [2.45, 2.75) is 32.7 Å². The number of aliphatic hydroxyl groups is 1. The molecule has 2 N–H and O–H groups in total. The van der Waals surface area contributed by atoms with E-state index in [1.807, 2.05) is 48.9 Å². The summed E-state index contributed by atoms with van der Waals surface area (Å²) in [7, 11) is 0. The Hall–Kier alpha value is -2.34. The van der Waals surface area contributed by atoms with E-state index in [1.54, 1.807) is 4.90 Å². The first-order chi connectivity index (χ1) is 11.1. The van der Waals surface area contributed by atoms with Crippen LogP contribution in [0.25, 0.3) is 5.69 Å². The SMILES string of the molecule is Cc1cc(C)n(-c2ccccc2NC(=O)N(CCO)C2CC2)n1. The predicted molar refractivity (Wildman–Crippen MR) is 88.9 cm³/mol.